The molecule has 0 aliphatic carbocycles. The lowest BCUT2D eigenvalue weighted by Gasteiger charge is -2.32. The zero-order chi connectivity index (χ0) is 14.1. The number of benzene rings is 1. The zero-order valence-electron chi connectivity index (χ0n) is 12.4. The summed E-state index contributed by atoms with van der Waals surface area (Å²) < 4.78 is 12.0. The Morgan fingerprint density at radius 3 is 2.00 bits per heavy atom. The summed E-state index contributed by atoms with van der Waals surface area (Å²) in [5.41, 5.74) is 4.66. The molecule has 1 aliphatic heterocycles. The number of hydrogen-bond acceptors (Lipinski definition) is 2. The van der Waals surface area contributed by atoms with Crippen molar-refractivity contribution in [2.45, 2.75) is 45.8 Å². The molecule has 0 radical (unpaired) electrons. The van der Waals surface area contributed by atoms with Crippen LogP contribution < -0.4 is 5.46 Å². The molecular formula is C16H21BO2. The van der Waals surface area contributed by atoms with E-state index in [1.807, 2.05) is 31.2 Å². The third-order valence-corrected chi connectivity index (χ3v) is 3.88. The van der Waals surface area contributed by atoms with Gasteiger partial charge in [0.2, 0.25) is 0 Å². The molecular weight excluding hydrogens is 235 g/mol. The Hall–Kier alpha value is -1.28. The van der Waals surface area contributed by atoms with Crippen LogP contribution in [0.1, 0.15) is 40.2 Å². The van der Waals surface area contributed by atoms with Gasteiger partial charge in [0.15, 0.2) is 0 Å². The second-order valence-corrected chi connectivity index (χ2v) is 5.85. The van der Waals surface area contributed by atoms with Crippen LogP contribution in [0.4, 0.5) is 0 Å². The van der Waals surface area contributed by atoms with E-state index in [4.69, 9.17) is 9.31 Å². The van der Waals surface area contributed by atoms with E-state index >= 15 is 0 Å². The second-order valence-electron chi connectivity index (χ2n) is 5.85. The highest BCUT2D eigenvalue weighted by Crippen LogP contribution is 2.36. The molecule has 0 atom stereocenters. The molecule has 1 saturated heterocycles. The summed E-state index contributed by atoms with van der Waals surface area (Å²) in [6.45, 7) is 10.2. The molecule has 1 aliphatic rings. The van der Waals surface area contributed by atoms with E-state index in [-0.39, 0.29) is 18.3 Å². The van der Waals surface area contributed by atoms with Crippen LogP contribution in [-0.4, -0.2) is 18.3 Å². The lowest BCUT2D eigenvalue weighted by molar-refractivity contribution is 0.00578. The fraction of sp³-hybridized carbons (Fsp3) is 0.438. The Labute approximate surface area is 116 Å². The maximum absolute atomic E-state index is 6.02. The lowest BCUT2D eigenvalue weighted by Crippen LogP contribution is -2.41. The Morgan fingerprint density at radius 2 is 1.53 bits per heavy atom. The summed E-state index contributed by atoms with van der Waals surface area (Å²) in [4.78, 5) is 0. The van der Waals surface area contributed by atoms with Gasteiger partial charge in [0.05, 0.1) is 11.2 Å². The maximum Gasteiger partial charge on any atom is 0.494 e. The van der Waals surface area contributed by atoms with E-state index in [1.54, 1.807) is 0 Å². The first-order valence-corrected chi connectivity index (χ1v) is 6.68. The van der Waals surface area contributed by atoms with Crippen LogP contribution in [0.15, 0.2) is 36.1 Å². The van der Waals surface area contributed by atoms with Gasteiger partial charge in [-0.2, -0.15) is 0 Å². The topological polar surface area (TPSA) is 18.5 Å². The molecule has 0 unspecified atom stereocenters. The second kappa shape index (κ2) is 5.01. The van der Waals surface area contributed by atoms with Crippen LogP contribution in [0.2, 0.25) is 0 Å². The minimum absolute atomic E-state index is 0.287. The molecule has 0 saturated carbocycles. The number of allylic oxidation sites excluding steroid dienone is 1. The molecule has 1 aromatic carbocycles. The predicted octanol–water partition coefficient (Wildman–Crippen LogP) is 3.17. The molecule has 0 spiro atoms. The summed E-state index contributed by atoms with van der Waals surface area (Å²) in [7, 11) is -0.287. The average Bonchev–Trinajstić information content (AvgIpc) is 2.56. The highest BCUT2D eigenvalue weighted by molar-refractivity contribution is 6.62. The van der Waals surface area contributed by atoms with Crippen LogP contribution in [0, 0.1) is 0 Å². The third kappa shape index (κ3) is 2.84. The van der Waals surface area contributed by atoms with E-state index in [2.05, 4.69) is 45.6 Å². The van der Waals surface area contributed by atoms with Crippen molar-refractivity contribution < 1.29 is 9.31 Å². The Morgan fingerprint density at radius 1 is 1.00 bits per heavy atom. The molecule has 0 N–H and O–H groups in total. The average molecular weight is 256 g/mol. The highest BCUT2D eigenvalue weighted by Gasteiger charge is 2.51. The fourth-order valence-electron chi connectivity index (χ4n) is 1.91. The van der Waals surface area contributed by atoms with Gasteiger partial charge in [0.25, 0.3) is 0 Å². The minimum Gasteiger partial charge on any atom is -0.399 e. The van der Waals surface area contributed by atoms with E-state index in [0.29, 0.717) is 0 Å². The van der Waals surface area contributed by atoms with Crippen molar-refractivity contribution in [1.29, 1.82) is 0 Å². The van der Waals surface area contributed by atoms with Gasteiger partial charge in [-0.15, -0.1) is 5.73 Å². The molecule has 0 bridgehead atoms. The number of rotatable bonds is 2. The first kappa shape index (κ1) is 14.1. The first-order chi connectivity index (χ1) is 8.86. The Balaban J connectivity index is 2.19. The maximum atomic E-state index is 6.02. The molecule has 0 aromatic heterocycles. The molecule has 1 fully saturated rings. The molecule has 2 rings (SSSR count). The van der Waals surface area contributed by atoms with Gasteiger partial charge < -0.3 is 9.31 Å². The van der Waals surface area contributed by atoms with Crippen molar-refractivity contribution in [2.24, 2.45) is 0 Å². The van der Waals surface area contributed by atoms with Crippen LogP contribution in [0.25, 0.3) is 6.08 Å². The smallest absolute Gasteiger partial charge is 0.399 e. The summed E-state index contributed by atoms with van der Waals surface area (Å²) >= 11 is 0. The summed E-state index contributed by atoms with van der Waals surface area (Å²) in [5, 5.41) is 0. The summed E-state index contributed by atoms with van der Waals surface area (Å²) in [6.07, 6.45) is 3.84. The van der Waals surface area contributed by atoms with Gasteiger partial charge in [-0.1, -0.05) is 24.3 Å². The Kier molecular flexibility index (Phi) is 3.73. The largest absolute Gasteiger partial charge is 0.494 e. The summed E-state index contributed by atoms with van der Waals surface area (Å²) in [5.74, 6) is 0. The summed E-state index contributed by atoms with van der Waals surface area (Å²) in [6, 6.07) is 8.20. The zero-order valence-corrected chi connectivity index (χ0v) is 12.4. The van der Waals surface area contributed by atoms with Gasteiger partial charge in [-0.05, 0) is 57.8 Å². The van der Waals surface area contributed by atoms with Crippen LogP contribution in [-0.2, 0) is 9.31 Å². The van der Waals surface area contributed by atoms with Crippen LogP contribution in [0.5, 0.6) is 0 Å². The minimum atomic E-state index is -0.290. The molecule has 1 heterocycles. The van der Waals surface area contributed by atoms with Crippen molar-refractivity contribution >= 4 is 18.7 Å². The molecule has 19 heavy (non-hydrogen) atoms. The van der Waals surface area contributed by atoms with Crippen molar-refractivity contribution in [3.8, 4) is 0 Å². The monoisotopic (exact) mass is 256 g/mol. The predicted molar refractivity (Wildman–Crippen MR) is 80.4 cm³/mol. The van der Waals surface area contributed by atoms with Gasteiger partial charge in [-0.3, -0.25) is 0 Å². The molecule has 0 amide bonds. The standard InChI is InChI=1S/C16H21BO2/c1-6-7-8-13-9-11-14(12-10-13)17-18-15(2,3)16(4,5)19-17/h6,8-12H,1-5H3. The number of hydrogen-bond donors (Lipinski definition) is 0. The van der Waals surface area contributed by atoms with Crippen molar-refractivity contribution in [2.75, 3.05) is 0 Å². The van der Waals surface area contributed by atoms with Crippen molar-refractivity contribution in [3.05, 3.63) is 41.6 Å². The van der Waals surface area contributed by atoms with Gasteiger partial charge in [-0.25, -0.2) is 0 Å². The van der Waals surface area contributed by atoms with Gasteiger partial charge in [0, 0.05) is 0 Å². The normalized spacial score (nSPS) is 19.9. The van der Waals surface area contributed by atoms with Crippen molar-refractivity contribution in [3.63, 3.8) is 0 Å². The van der Waals surface area contributed by atoms with Gasteiger partial charge in [0.1, 0.15) is 0 Å². The molecule has 3 heteroatoms. The third-order valence-electron chi connectivity index (χ3n) is 3.88. The van der Waals surface area contributed by atoms with E-state index < -0.39 is 0 Å². The van der Waals surface area contributed by atoms with Gasteiger partial charge >= 0.3 is 7.12 Å². The highest BCUT2D eigenvalue weighted by atomic mass is 16.7. The van der Waals surface area contributed by atoms with Crippen LogP contribution >= 0.6 is 0 Å². The van der Waals surface area contributed by atoms with E-state index in [9.17, 15) is 0 Å². The molecule has 100 valence electrons. The fourth-order valence-corrected chi connectivity index (χ4v) is 1.91. The molecule has 2 nitrogen and oxygen atoms in total. The first-order valence-electron chi connectivity index (χ1n) is 6.68. The van der Waals surface area contributed by atoms with Crippen molar-refractivity contribution in [1.82, 2.24) is 0 Å². The SMILES string of the molecule is CC=C=Cc1ccc(B2OC(C)(C)C(C)(C)O2)cc1. The Bertz CT molecular complexity index is 492. The van der Waals surface area contributed by atoms with E-state index in [1.165, 1.54) is 0 Å². The quantitative estimate of drug-likeness (QED) is 0.597. The van der Waals surface area contributed by atoms with Crippen LogP contribution in [0.3, 0.4) is 0 Å². The molecule has 1 aromatic rings. The van der Waals surface area contributed by atoms with E-state index in [0.717, 1.165) is 11.0 Å². The lowest BCUT2D eigenvalue weighted by atomic mass is 9.79.